The van der Waals surface area contributed by atoms with Gasteiger partial charge in [0, 0.05) is 41.8 Å². The number of benzene rings is 5. The molecule has 0 aliphatic heterocycles. The monoisotopic (exact) mass is 722 g/mol. The van der Waals surface area contributed by atoms with E-state index in [1.807, 2.05) is 31.2 Å². The number of hydrogen-bond donors (Lipinski definition) is 0. The van der Waals surface area contributed by atoms with Crippen LogP contribution in [0.5, 0.6) is 0 Å². The molecule has 0 saturated heterocycles. The predicted molar refractivity (Wildman–Crippen MR) is 219 cm³/mol. The summed E-state index contributed by atoms with van der Waals surface area (Å²) in [4.78, 5) is 32.2. The smallest absolute Gasteiger partial charge is 0.195 e. The minimum atomic E-state index is -0.0840. The largest absolute Gasteiger partial charge is 0.289 e. The summed E-state index contributed by atoms with van der Waals surface area (Å²) >= 11 is 3.10. The molecule has 0 N–H and O–H groups in total. The first kappa shape index (κ1) is 36.5. The zero-order valence-corrected chi connectivity index (χ0v) is 32.9. The highest BCUT2D eigenvalue weighted by Gasteiger charge is 2.34. The second-order valence-corrected chi connectivity index (χ2v) is 18.1. The van der Waals surface area contributed by atoms with Crippen molar-refractivity contribution >= 4 is 35.1 Å². The highest BCUT2D eigenvalue weighted by Crippen LogP contribution is 2.43. The molecule has 0 bridgehead atoms. The molecule has 4 heteroatoms. The summed E-state index contributed by atoms with van der Waals surface area (Å²) in [6.07, 6.45) is 10.9. The van der Waals surface area contributed by atoms with Gasteiger partial charge in [-0.2, -0.15) is 0 Å². The standard InChI is InChI=1S/C48H50O2S2/c1-6-7-8-10-32-13-15-33(16-14-32)34-17-19-35(20-18-34)36-21-25-38(26-22-36)52-43-30-31(2)29-41-45(43)46(49)40-11-9-12-42(44(40)47(41)50)51-39-27-23-37(24-28-39)48(3,4)5/h9,11-12,17-30,32-33H,6-8,10,13-16H2,1-5H3. The second-order valence-electron chi connectivity index (χ2n) is 15.9. The molecule has 5 aromatic carbocycles. The molecule has 1 saturated carbocycles. The number of carbonyl (C=O) groups excluding carboxylic acids is 2. The minimum Gasteiger partial charge on any atom is -0.289 e. The van der Waals surface area contributed by atoms with Gasteiger partial charge >= 0.3 is 0 Å². The summed E-state index contributed by atoms with van der Waals surface area (Å²) in [6.45, 7) is 10.9. The van der Waals surface area contributed by atoms with E-state index in [1.54, 1.807) is 29.6 Å². The molecule has 7 rings (SSSR count). The van der Waals surface area contributed by atoms with Gasteiger partial charge in [-0.15, -0.1) is 0 Å². The average molecular weight is 723 g/mol. The topological polar surface area (TPSA) is 34.1 Å². The van der Waals surface area contributed by atoms with Crippen LogP contribution in [0.15, 0.2) is 123 Å². The number of aryl methyl sites for hydroxylation is 1. The van der Waals surface area contributed by atoms with Crippen LogP contribution in [0.3, 0.4) is 0 Å². The Balaban J connectivity index is 1.06. The zero-order chi connectivity index (χ0) is 36.4. The maximum Gasteiger partial charge on any atom is 0.195 e. The van der Waals surface area contributed by atoms with Crippen molar-refractivity contribution in [2.75, 3.05) is 0 Å². The van der Waals surface area contributed by atoms with Crippen molar-refractivity contribution in [1.82, 2.24) is 0 Å². The van der Waals surface area contributed by atoms with Gasteiger partial charge in [0.25, 0.3) is 0 Å². The van der Waals surface area contributed by atoms with E-state index in [4.69, 9.17) is 0 Å². The van der Waals surface area contributed by atoms with E-state index in [0.29, 0.717) is 28.2 Å². The first-order valence-electron chi connectivity index (χ1n) is 19.1. The van der Waals surface area contributed by atoms with Crippen molar-refractivity contribution < 1.29 is 9.59 Å². The van der Waals surface area contributed by atoms with Crippen LogP contribution < -0.4 is 0 Å². The summed E-state index contributed by atoms with van der Waals surface area (Å²) in [6, 6.07) is 35.9. The van der Waals surface area contributed by atoms with Gasteiger partial charge in [0.15, 0.2) is 11.6 Å². The molecule has 0 spiro atoms. The lowest BCUT2D eigenvalue weighted by atomic mass is 9.77. The highest BCUT2D eigenvalue weighted by atomic mass is 32.2. The number of rotatable bonds is 10. The number of unbranched alkanes of at least 4 members (excludes halogenated alkanes) is 2. The van der Waals surface area contributed by atoms with Crippen molar-refractivity contribution in [2.45, 2.75) is 117 Å². The third kappa shape index (κ3) is 7.89. The number of hydrogen-bond acceptors (Lipinski definition) is 4. The fraction of sp³-hybridized carbons (Fsp3) is 0.333. The molecule has 0 unspecified atom stereocenters. The Bertz CT molecular complexity index is 2060. The molecular formula is C48H50O2S2. The third-order valence-corrected chi connectivity index (χ3v) is 13.1. The number of fused-ring (bicyclic) bond motifs is 2. The first-order valence-corrected chi connectivity index (χ1v) is 20.8. The van der Waals surface area contributed by atoms with Crippen LogP contribution >= 0.6 is 23.5 Å². The average Bonchev–Trinajstić information content (AvgIpc) is 3.14. The van der Waals surface area contributed by atoms with Gasteiger partial charge in [-0.3, -0.25) is 9.59 Å². The SMILES string of the molecule is CCCCCC1CCC(c2ccc(-c3ccc(Sc4cc(C)cc5c4C(=O)c4cccc(Sc6ccc(C(C)(C)C)cc6)c4C5=O)cc3)cc2)CC1. The van der Waals surface area contributed by atoms with Crippen LogP contribution in [0.25, 0.3) is 11.1 Å². The Hall–Kier alpha value is -3.86. The van der Waals surface area contributed by atoms with Gasteiger partial charge in [0.05, 0.1) is 0 Å². The maximum atomic E-state index is 14.2. The van der Waals surface area contributed by atoms with Gasteiger partial charge < -0.3 is 0 Å². The van der Waals surface area contributed by atoms with E-state index in [9.17, 15) is 9.59 Å². The normalized spacial score (nSPS) is 17.2. The summed E-state index contributed by atoms with van der Waals surface area (Å²) < 4.78 is 0. The van der Waals surface area contributed by atoms with Gasteiger partial charge in [0.2, 0.25) is 0 Å². The molecule has 2 nitrogen and oxygen atoms in total. The molecule has 0 amide bonds. The molecule has 2 aliphatic carbocycles. The fourth-order valence-corrected chi connectivity index (χ4v) is 10.0. The lowest BCUT2D eigenvalue weighted by Crippen LogP contribution is -2.22. The summed E-state index contributed by atoms with van der Waals surface area (Å²) in [5, 5.41) is 0. The summed E-state index contributed by atoms with van der Waals surface area (Å²) in [7, 11) is 0. The van der Waals surface area contributed by atoms with Crippen LogP contribution in [-0.2, 0) is 5.41 Å². The van der Waals surface area contributed by atoms with Gasteiger partial charge in [-0.25, -0.2) is 0 Å². The molecule has 0 aromatic heterocycles. The highest BCUT2D eigenvalue weighted by molar-refractivity contribution is 7.99. The number of ketones is 2. The number of carbonyl (C=O) groups is 2. The Morgan fingerprint density at radius 2 is 1.21 bits per heavy atom. The van der Waals surface area contributed by atoms with Gasteiger partial charge in [0.1, 0.15) is 0 Å². The van der Waals surface area contributed by atoms with Crippen LogP contribution in [0.1, 0.15) is 134 Å². The molecule has 0 radical (unpaired) electrons. The van der Waals surface area contributed by atoms with Gasteiger partial charge in [-0.05, 0) is 120 Å². The lowest BCUT2D eigenvalue weighted by Gasteiger charge is -2.29. The summed E-state index contributed by atoms with van der Waals surface area (Å²) in [5.41, 5.74) is 8.18. The first-order chi connectivity index (χ1) is 25.1. The third-order valence-electron chi connectivity index (χ3n) is 11.0. The van der Waals surface area contributed by atoms with E-state index < -0.39 is 0 Å². The molecule has 266 valence electrons. The van der Waals surface area contributed by atoms with E-state index in [-0.39, 0.29) is 17.0 Å². The van der Waals surface area contributed by atoms with E-state index in [1.165, 1.54) is 73.6 Å². The Morgan fingerprint density at radius 3 is 1.85 bits per heavy atom. The van der Waals surface area contributed by atoms with Crippen molar-refractivity contribution in [1.29, 1.82) is 0 Å². The van der Waals surface area contributed by atoms with Crippen molar-refractivity contribution in [3.8, 4) is 11.1 Å². The molecule has 52 heavy (non-hydrogen) atoms. The zero-order valence-electron chi connectivity index (χ0n) is 31.3. The molecule has 0 atom stereocenters. The van der Waals surface area contributed by atoms with Crippen molar-refractivity contribution in [2.24, 2.45) is 5.92 Å². The van der Waals surface area contributed by atoms with Crippen LogP contribution in [0.2, 0.25) is 0 Å². The van der Waals surface area contributed by atoms with Crippen LogP contribution in [0, 0.1) is 12.8 Å². The Morgan fingerprint density at radius 1 is 0.635 bits per heavy atom. The molecule has 5 aromatic rings. The Kier molecular flexibility index (Phi) is 11.0. The lowest BCUT2D eigenvalue weighted by molar-refractivity contribution is 0.0974. The van der Waals surface area contributed by atoms with Crippen molar-refractivity contribution in [3.05, 3.63) is 142 Å². The molecular weight excluding hydrogens is 673 g/mol. The predicted octanol–water partition coefficient (Wildman–Crippen LogP) is 13.9. The summed E-state index contributed by atoms with van der Waals surface area (Å²) in [5.74, 6) is 1.45. The van der Waals surface area contributed by atoms with Crippen LogP contribution in [0.4, 0.5) is 0 Å². The van der Waals surface area contributed by atoms with E-state index >= 15 is 0 Å². The molecule has 1 fully saturated rings. The fourth-order valence-electron chi connectivity index (χ4n) is 7.96. The minimum absolute atomic E-state index is 0.0646. The maximum absolute atomic E-state index is 14.2. The Labute approximate surface area is 319 Å². The molecule has 0 heterocycles. The quantitative estimate of drug-likeness (QED) is 0.132. The van der Waals surface area contributed by atoms with Crippen molar-refractivity contribution in [3.63, 3.8) is 0 Å². The molecule has 2 aliphatic rings. The second kappa shape index (κ2) is 15.6. The van der Waals surface area contributed by atoms with E-state index in [0.717, 1.165) is 31.1 Å². The van der Waals surface area contributed by atoms with E-state index in [2.05, 4.69) is 100 Å². The van der Waals surface area contributed by atoms with Gasteiger partial charge in [-0.1, -0.05) is 138 Å². The van der Waals surface area contributed by atoms with Crippen LogP contribution in [-0.4, -0.2) is 11.6 Å².